The Morgan fingerprint density at radius 3 is 1.67 bits per heavy atom. The summed E-state index contributed by atoms with van der Waals surface area (Å²) in [5.74, 6) is 0. The predicted molar refractivity (Wildman–Crippen MR) is 34.2 cm³/mol. The van der Waals surface area contributed by atoms with Gasteiger partial charge < -0.3 is 14.9 Å². The van der Waals surface area contributed by atoms with Gasteiger partial charge in [-0.25, -0.2) is 0 Å². The number of aliphatic hydroxyl groups is 2. The highest BCUT2D eigenvalue weighted by atomic mass is 16.5. The molecule has 3 heteroatoms. The topological polar surface area (TPSA) is 49.7 Å². The molecule has 0 amide bonds. The Morgan fingerprint density at radius 1 is 1.11 bits per heavy atom. The Kier molecular flexibility index (Phi) is 4.67. The maximum atomic E-state index is 8.47. The Balaban J connectivity index is 3.22. The molecule has 0 aliphatic carbocycles. The highest BCUT2D eigenvalue weighted by molar-refractivity contribution is 4.50. The van der Waals surface area contributed by atoms with E-state index in [2.05, 4.69) is 0 Å². The summed E-state index contributed by atoms with van der Waals surface area (Å²) in [4.78, 5) is 0. The first-order valence-corrected chi connectivity index (χ1v) is 3.08. The molecule has 0 aliphatic rings. The molecule has 3 nitrogen and oxygen atoms in total. The molecule has 0 radical (unpaired) electrons. The molecule has 0 saturated heterocycles. The lowest BCUT2D eigenvalue weighted by molar-refractivity contribution is -0.0424. The third kappa shape index (κ3) is 4.39. The van der Waals surface area contributed by atoms with Crippen molar-refractivity contribution in [1.82, 2.24) is 0 Å². The first kappa shape index (κ1) is 8.88. The lowest BCUT2D eigenvalue weighted by Crippen LogP contribution is -2.22. The van der Waals surface area contributed by atoms with Crippen LogP contribution >= 0.6 is 0 Å². The first-order valence-electron chi connectivity index (χ1n) is 3.08. The molecular formula is C6H14O3. The van der Waals surface area contributed by atoms with Gasteiger partial charge in [-0.15, -0.1) is 0 Å². The zero-order valence-corrected chi connectivity index (χ0v) is 5.87. The maximum Gasteiger partial charge on any atom is 0.0782 e. The largest absolute Gasteiger partial charge is 0.394 e. The minimum atomic E-state index is -0.174. The van der Waals surface area contributed by atoms with Gasteiger partial charge in [0.1, 0.15) is 0 Å². The van der Waals surface area contributed by atoms with Crippen molar-refractivity contribution in [2.75, 3.05) is 13.2 Å². The number of aliphatic hydroxyl groups excluding tert-OH is 2. The molecule has 0 aliphatic heterocycles. The molecule has 0 spiro atoms. The molecule has 2 atom stereocenters. The Labute approximate surface area is 55.3 Å². The van der Waals surface area contributed by atoms with Crippen molar-refractivity contribution < 1.29 is 14.9 Å². The fraction of sp³-hybridized carbons (Fsp3) is 1.00. The van der Waals surface area contributed by atoms with Crippen molar-refractivity contribution in [2.24, 2.45) is 0 Å². The van der Waals surface area contributed by atoms with Gasteiger partial charge in [0.2, 0.25) is 0 Å². The third-order valence-corrected chi connectivity index (χ3v) is 0.979. The van der Waals surface area contributed by atoms with Crippen LogP contribution in [0.15, 0.2) is 0 Å². The van der Waals surface area contributed by atoms with Crippen molar-refractivity contribution in [3.8, 4) is 0 Å². The van der Waals surface area contributed by atoms with Crippen molar-refractivity contribution in [3.63, 3.8) is 0 Å². The molecular weight excluding hydrogens is 120 g/mol. The van der Waals surface area contributed by atoms with E-state index in [4.69, 9.17) is 14.9 Å². The Hall–Kier alpha value is -0.120. The molecule has 2 N–H and O–H groups in total. The summed E-state index contributed by atoms with van der Waals surface area (Å²) in [6.45, 7) is 3.52. The van der Waals surface area contributed by atoms with E-state index in [0.717, 1.165) is 0 Å². The van der Waals surface area contributed by atoms with Gasteiger partial charge in [0, 0.05) is 0 Å². The number of ether oxygens (including phenoxy) is 1. The van der Waals surface area contributed by atoms with Crippen LogP contribution in [0.25, 0.3) is 0 Å². The fourth-order valence-electron chi connectivity index (χ4n) is 0.483. The van der Waals surface area contributed by atoms with Gasteiger partial charge in [0.05, 0.1) is 25.4 Å². The standard InChI is InChI=1S/C6H14O3/c1-5(3-7)9-6(2)4-8/h5-8H,3-4H2,1-2H3/t5-,6?/m0/s1. The number of rotatable bonds is 4. The van der Waals surface area contributed by atoms with Crippen LogP contribution in [0.5, 0.6) is 0 Å². The van der Waals surface area contributed by atoms with Gasteiger partial charge in [0.25, 0.3) is 0 Å². The number of hydrogen-bond acceptors (Lipinski definition) is 3. The van der Waals surface area contributed by atoms with E-state index in [1.54, 1.807) is 13.8 Å². The van der Waals surface area contributed by atoms with E-state index in [-0.39, 0.29) is 25.4 Å². The summed E-state index contributed by atoms with van der Waals surface area (Å²) in [6.07, 6.45) is -0.348. The van der Waals surface area contributed by atoms with Crippen LogP contribution in [0.4, 0.5) is 0 Å². The van der Waals surface area contributed by atoms with E-state index in [1.807, 2.05) is 0 Å². The average Bonchev–Trinajstić information content (AvgIpc) is 1.87. The van der Waals surface area contributed by atoms with E-state index < -0.39 is 0 Å². The van der Waals surface area contributed by atoms with E-state index >= 15 is 0 Å². The minimum absolute atomic E-state index is 0.00431. The van der Waals surface area contributed by atoms with Crippen LogP contribution < -0.4 is 0 Å². The molecule has 0 rings (SSSR count). The fourth-order valence-corrected chi connectivity index (χ4v) is 0.483. The van der Waals surface area contributed by atoms with Crippen LogP contribution in [-0.4, -0.2) is 35.6 Å². The minimum Gasteiger partial charge on any atom is -0.394 e. The van der Waals surface area contributed by atoms with Crippen LogP contribution in [-0.2, 0) is 4.74 Å². The highest BCUT2D eigenvalue weighted by Gasteiger charge is 2.04. The third-order valence-electron chi connectivity index (χ3n) is 0.979. The quantitative estimate of drug-likeness (QED) is 0.558. The van der Waals surface area contributed by atoms with Gasteiger partial charge in [-0.05, 0) is 13.8 Å². The second kappa shape index (κ2) is 4.73. The van der Waals surface area contributed by atoms with Gasteiger partial charge >= 0.3 is 0 Å². The van der Waals surface area contributed by atoms with E-state index in [9.17, 15) is 0 Å². The Morgan fingerprint density at radius 2 is 1.44 bits per heavy atom. The lowest BCUT2D eigenvalue weighted by atomic mass is 10.4. The molecule has 0 bridgehead atoms. The summed E-state index contributed by atoms with van der Waals surface area (Å²) < 4.78 is 5.05. The van der Waals surface area contributed by atoms with Gasteiger partial charge in [-0.2, -0.15) is 0 Å². The van der Waals surface area contributed by atoms with Crippen LogP contribution in [0, 0.1) is 0 Å². The van der Waals surface area contributed by atoms with E-state index in [1.165, 1.54) is 0 Å². The van der Waals surface area contributed by atoms with Crippen molar-refractivity contribution in [1.29, 1.82) is 0 Å². The predicted octanol–water partition coefficient (Wildman–Crippen LogP) is -0.235. The smallest absolute Gasteiger partial charge is 0.0782 e. The van der Waals surface area contributed by atoms with Crippen LogP contribution in [0.3, 0.4) is 0 Å². The molecule has 0 aromatic heterocycles. The summed E-state index contributed by atoms with van der Waals surface area (Å²) in [7, 11) is 0. The van der Waals surface area contributed by atoms with Crippen molar-refractivity contribution in [2.45, 2.75) is 26.1 Å². The SMILES string of the molecule is CC(CO)O[C@@H](C)CO. The van der Waals surface area contributed by atoms with Crippen LogP contribution in [0.1, 0.15) is 13.8 Å². The maximum absolute atomic E-state index is 8.47. The second-order valence-electron chi connectivity index (χ2n) is 2.12. The molecule has 56 valence electrons. The van der Waals surface area contributed by atoms with Gasteiger partial charge in [0.15, 0.2) is 0 Å². The van der Waals surface area contributed by atoms with E-state index in [0.29, 0.717) is 0 Å². The first-order chi connectivity index (χ1) is 4.20. The molecule has 0 heterocycles. The monoisotopic (exact) mass is 134 g/mol. The zero-order valence-electron chi connectivity index (χ0n) is 5.87. The van der Waals surface area contributed by atoms with Crippen molar-refractivity contribution in [3.05, 3.63) is 0 Å². The lowest BCUT2D eigenvalue weighted by Gasteiger charge is -2.14. The molecule has 0 fully saturated rings. The molecule has 1 unspecified atom stereocenters. The van der Waals surface area contributed by atoms with Gasteiger partial charge in [-0.3, -0.25) is 0 Å². The number of hydrogen-bond donors (Lipinski definition) is 2. The summed E-state index contributed by atoms with van der Waals surface area (Å²) >= 11 is 0. The highest BCUT2D eigenvalue weighted by Crippen LogP contribution is 1.94. The summed E-state index contributed by atoms with van der Waals surface area (Å²) in [5, 5.41) is 16.9. The summed E-state index contributed by atoms with van der Waals surface area (Å²) in [6, 6.07) is 0. The normalized spacial score (nSPS) is 17.3. The van der Waals surface area contributed by atoms with Crippen molar-refractivity contribution >= 4 is 0 Å². The van der Waals surface area contributed by atoms with Crippen LogP contribution in [0.2, 0.25) is 0 Å². The summed E-state index contributed by atoms with van der Waals surface area (Å²) in [5.41, 5.74) is 0. The average molecular weight is 134 g/mol. The molecule has 0 aromatic rings. The molecule has 0 aromatic carbocycles. The molecule has 9 heavy (non-hydrogen) atoms. The Bertz CT molecular complexity index is 57.3. The second-order valence-corrected chi connectivity index (χ2v) is 2.12. The van der Waals surface area contributed by atoms with Gasteiger partial charge in [-0.1, -0.05) is 0 Å². The molecule has 0 saturated carbocycles. The zero-order chi connectivity index (χ0) is 7.28.